The van der Waals surface area contributed by atoms with Crippen molar-refractivity contribution in [2.45, 2.75) is 6.42 Å². The number of phosphoric ester groups is 1. The molecule has 0 aliphatic heterocycles. The average Bonchev–Trinajstić information content (AvgIpc) is 2.03. The minimum atomic E-state index is -4.33. The first-order chi connectivity index (χ1) is 6.02. The Morgan fingerprint density at radius 2 is 2.14 bits per heavy atom. The van der Waals surface area contributed by atoms with Crippen LogP contribution >= 0.6 is 7.82 Å². The van der Waals surface area contributed by atoms with E-state index in [0.717, 1.165) is 6.08 Å². The van der Waals surface area contributed by atoms with Crippen LogP contribution in [0.4, 0.5) is 0 Å². The van der Waals surface area contributed by atoms with Crippen LogP contribution in [0.3, 0.4) is 0 Å². The molecule has 0 fully saturated rings. The Labute approximate surface area is 104 Å². The van der Waals surface area contributed by atoms with Crippen LogP contribution in [0.2, 0.25) is 0 Å². The maximum absolute atomic E-state index is 10.8. The number of carbonyl (C=O) groups excluding carboxylic acids is 1. The molecule has 0 radical (unpaired) electrons. The molecule has 0 saturated heterocycles. The van der Waals surface area contributed by atoms with E-state index in [0.29, 0.717) is 0 Å². The summed E-state index contributed by atoms with van der Waals surface area (Å²) in [5, 5.41) is 8.32. The van der Waals surface area contributed by atoms with E-state index in [1.54, 1.807) is 0 Å². The second-order valence-corrected chi connectivity index (χ2v) is 3.37. The molecule has 8 heteroatoms. The summed E-state index contributed by atoms with van der Waals surface area (Å²) >= 11 is 0. The molecule has 0 aliphatic rings. The van der Waals surface area contributed by atoms with E-state index in [1.165, 1.54) is 0 Å². The van der Waals surface area contributed by atoms with Gasteiger partial charge in [-0.05, 0) is 6.42 Å². The molecule has 6 nitrogen and oxygen atoms in total. The molecule has 2 N–H and O–H groups in total. The molecule has 0 amide bonds. The van der Waals surface area contributed by atoms with Gasteiger partial charge in [-0.15, -0.1) is 0 Å². The summed E-state index contributed by atoms with van der Waals surface area (Å²) in [6.07, 6.45) is 0.939. The summed E-state index contributed by atoms with van der Waals surface area (Å²) < 4.78 is 19.1. The van der Waals surface area contributed by atoms with Crippen LogP contribution in [-0.2, 0) is 18.4 Å². The van der Waals surface area contributed by atoms with Crippen molar-refractivity contribution in [3.8, 4) is 0 Å². The number of aliphatic hydroxyl groups is 1. The van der Waals surface area contributed by atoms with Gasteiger partial charge in [0.15, 0.2) is 0 Å². The van der Waals surface area contributed by atoms with Gasteiger partial charge in [-0.1, -0.05) is 6.58 Å². The van der Waals surface area contributed by atoms with E-state index in [4.69, 9.17) is 10.00 Å². The van der Waals surface area contributed by atoms with Crippen LogP contribution in [-0.4, -0.2) is 58.7 Å². The zero-order valence-electron chi connectivity index (χ0n) is 6.88. The maximum atomic E-state index is 10.8. The third-order valence-electron chi connectivity index (χ3n) is 0.929. The van der Waals surface area contributed by atoms with Crippen LogP contribution < -0.4 is 0 Å². The number of aliphatic hydroxyl groups excluding tert-OH is 1. The molecule has 0 aromatic carbocycles. The Kier molecular flexibility index (Phi) is 10.3. The van der Waals surface area contributed by atoms with Crippen molar-refractivity contribution in [1.29, 1.82) is 0 Å². The van der Waals surface area contributed by atoms with Gasteiger partial charge in [0.1, 0.15) is 0 Å². The van der Waals surface area contributed by atoms with Crippen LogP contribution in [0, 0.1) is 0 Å². The molecule has 0 aromatic heterocycles. The van der Waals surface area contributed by atoms with Gasteiger partial charge in [0, 0.05) is 12.7 Å². The van der Waals surface area contributed by atoms with Gasteiger partial charge in [-0.25, -0.2) is 9.36 Å². The molecular formula is C6H12NaO6P. The summed E-state index contributed by atoms with van der Waals surface area (Å²) in [7, 11) is -4.33. The molecular weight excluding hydrogens is 222 g/mol. The van der Waals surface area contributed by atoms with Gasteiger partial charge in [0.25, 0.3) is 0 Å². The number of hydrogen-bond acceptors (Lipinski definition) is 5. The van der Waals surface area contributed by atoms with Crippen molar-refractivity contribution in [1.82, 2.24) is 0 Å². The molecule has 0 spiro atoms. The molecule has 0 bridgehead atoms. The van der Waals surface area contributed by atoms with Crippen molar-refractivity contribution >= 4 is 43.3 Å². The average molecular weight is 234 g/mol. The van der Waals surface area contributed by atoms with E-state index >= 15 is 0 Å². The minimum absolute atomic E-state index is 0. The number of carbonyl (C=O) groups is 1. The molecule has 14 heavy (non-hydrogen) atoms. The van der Waals surface area contributed by atoms with Gasteiger partial charge >= 0.3 is 43.3 Å². The number of rotatable bonds is 6. The Hall–Kier alpha value is 0.320. The van der Waals surface area contributed by atoms with Crippen molar-refractivity contribution in [3.63, 3.8) is 0 Å². The monoisotopic (exact) mass is 234 g/mol. The van der Waals surface area contributed by atoms with Crippen molar-refractivity contribution < 1.29 is 28.4 Å². The molecule has 0 rings (SSSR count). The van der Waals surface area contributed by atoms with Gasteiger partial charge < -0.3 is 9.63 Å². The first kappa shape index (κ1) is 16.7. The van der Waals surface area contributed by atoms with Crippen LogP contribution in [0.25, 0.3) is 0 Å². The van der Waals surface area contributed by atoms with Crippen LogP contribution in [0.15, 0.2) is 12.7 Å². The van der Waals surface area contributed by atoms with Crippen LogP contribution in [0.5, 0.6) is 0 Å². The Balaban J connectivity index is 0. The third kappa shape index (κ3) is 8.90. The molecule has 0 aromatic rings. The predicted octanol–water partition coefficient (Wildman–Crippen LogP) is -0.434. The molecule has 0 heterocycles. The summed E-state index contributed by atoms with van der Waals surface area (Å²) in [5.74, 6) is -1.03. The van der Waals surface area contributed by atoms with Gasteiger partial charge in [-0.3, -0.25) is 9.42 Å². The van der Waals surface area contributed by atoms with E-state index in [1.807, 2.05) is 0 Å². The standard InChI is InChI=1S/C6H11O6P.Na.H/c1-2-6(8)12-13(9,10)11-5-3-4-7;;/h2,7H,1,3-5H2,(H,9,10);;. The molecule has 1 unspecified atom stereocenters. The van der Waals surface area contributed by atoms with Gasteiger partial charge in [0.2, 0.25) is 0 Å². The summed E-state index contributed by atoms with van der Waals surface area (Å²) in [6, 6.07) is 0. The fourth-order valence-electron chi connectivity index (χ4n) is 0.422. The fourth-order valence-corrected chi connectivity index (χ4v) is 1.14. The van der Waals surface area contributed by atoms with Gasteiger partial charge in [0.05, 0.1) is 6.61 Å². The van der Waals surface area contributed by atoms with Crippen molar-refractivity contribution in [2.24, 2.45) is 0 Å². The Morgan fingerprint density at radius 3 is 2.57 bits per heavy atom. The summed E-state index contributed by atoms with van der Waals surface area (Å²) in [6.45, 7) is 2.71. The molecule has 0 saturated carbocycles. The number of hydrogen-bond donors (Lipinski definition) is 2. The Bertz CT molecular complexity index is 230. The fraction of sp³-hybridized carbons (Fsp3) is 0.500. The van der Waals surface area contributed by atoms with Crippen molar-refractivity contribution in [2.75, 3.05) is 13.2 Å². The predicted molar refractivity (Wildman–Crippen MR) is 50.9 cm³/mol. The summed E-state index contributed by atoms with van der Waals surface area (Å²) in [5.41, 5.74) is 0. The summed E-state index contributed by atoms with van der Waals surface area (Å²) in [4.78, 5) is 19.3. The van der Waals surface area contributed by atoms with E-state index in [-0.39, 0.29) is 49.2 Å². The molecule has 1 atom stereocenters. The van der Waals surface area contributed by atoms with Crippen LogP contribution in [0.1, 0.15) is 6.42 Å². The zero-order chi connectivity index (χ0) is 10.3. The first-order valence-electron chi connectivity index (χ1n) is 3.46. The quantitative estimate of drug-likeness (QED) is 0.280. The molecule has 0 aliphatic carbocycles. The van der Waals surface area contributed by atoms with Gasteiger partial charge in [-0.2, -0.15) is 0 Å². The second kappa shape index (κ2) is 8.61. The second-order valence-electron chi connectivity index (χ2n) is 1.99. The normalized spacial score (nSPS) is 13.6. The van der Waals surface area contributed by atoms with E-state index in [2.05, 4.69) is 15.6 Å². The topological polar surface area (TPSA) is 93.1 Å². The van der Waals surface area contributed by atoms with E-state index in [9.17, 15) is 9.36 Å². The van der Waals surface area contributed by atoms with E-state index < -0.39 is 13.8 Å². The zero-order valence-corrected chi connectivity index (χ0v) is 7.77. The Morgan fingerprint density at radius 1 is 1.57 bits per heavy atom. The SMILES string of the molecule is C=CC(=O)OP(=O)(O)OCCCO.[NaH]. The number of phosphoric acid groups is 1. The first-order valence-corrected chi connectivity index (χ1v) is 4.95. The van der Waals surface area contributed by atoms with Crippen molar-refractivity contribution in [3.05, 3.63) is 12.7 Å². The third-order valence-corrected chi connectivity index (χ3v) is 1.85. The molecule has 78 valence electrons.